The fourth-order valence-electron chi connectivity index (χ4n) is 4.10. The summed E-state index contributed by atoms with van der Waals surface area (Å²) in [7, 11) is 1.74. The summed E-state index contributed by atoms with van der Waals surface area (Å²) < 4.78 is 1.67. The van der Waals surface area contributed by atoms with Gasteiger partial charge in [-0.2, -0.15) is 17.7 Å². The fraction of sp³-hybridized carbons (Fsp3) is 0.478. The predicted molar refractivity (Wildman–Crippen MR) is 142 cm³/mol. The lowest BCUT2D eigenvalue weighted by molar-refractivity contribution is -0.135. The summed E-state index contributed by atoms with van der Waals surface area (Å²) in [5, 5.41) is 15.3. The van der Waals surface area contributed by atoms with Crippen molar-refractivity contribution in [1.29, 1.82) is 0 Å². The normalized spacial score (nSPS) is 14.3. The monoisotopic (exact) mass is 537 g/mol. The maximum atomic E-state index is 12.9. The SMILES string of the molecule is Cn1c(CNc2n[nH]c3cc(Cl)c(C(C)(C)C)cc23)nc(Cl)c1C(=O)NC1CN(C(=O)CCS)C1. The highest BCUT2D eigenvalue weighted by Crippen LogP contribution is 2.34. The minimum absolute atomic E-state index is 0.0419. The third-order valence-corrected chi connectivity index (χ3v) is 6.93. The average Bonchev–Trinajstić information content (AvgIpc) is 3.26. The quantitative estimate of drug-likeness (QED) is 0.343. The van der Waals surface area contributed by atoms with E-state index in [9.17, 15) is 9.59 Å². The molecule has 1 fully saturated rings. The summed E-state index contributed by atoms with van der Waals surface area (Å²) in [4.78, 5) is 30.8. The van der Waals surface area contributed by atoms with E-state index in [4.69, 9.17) is 23.2 Å². The Morgan fingerprint density at radius 3 is 2.63 bits per heavy atom. The van der Waals surface area contributed by atoms with E-state index in [1.54, 1.807) is 16.5 Å². The summed E-state index contributed by atoms with van der Waals surface area (Å²) in [6.45, 7) is 7.60. The predicted octanol–water partition coefficient (Wildman–Crippen LogP) is 3.77. The van der Waals surface area contributed by atoms with Crippen LogP contribution in [0.3, 0.4) is 0 Å². The van der Waals surface area contributed by atoms with Crippen LogP contribution in [-0.4, -0.2) is 61.3 Å². The molecule has 1 saturated heterocycles. The van der Waals surface area contributed by atoms with Crippen LogP contribution in [0.25, 0.3) is 10.9 Å². The van der Waals surface area contributed by atoms with Gasteiger partial charge in [-0.05, 0) is 28.9 Å². The maximum absolute atomic E-state index is 12.9. The van der Waals surface area contributed by atoms with Crippen molar-refractivity contribution in [2.75, 3.05) is 24.2 Å². The van der Waals surface area contributed by atoms with Gasteiger partial charge in [-0.3, -0.25) is 14.7 Å². The number of thiol groups is 1. The number of likely N-dealkylation sites (tertiary alicyclic amines) is 1. The molecular formula is C23H29Cl2N7O2S. The minimum Gasteiger partial charge on any atom is -0.361 e. The van der Waals surface area contributed by atoms with Gasteiger partial charge in [-0.15, -0.1) is 0 Å². The zero-order chi connectivity index (χ0) is 25.5. The van der Waals surface area contributed by atoms with Crippen molar-refractivity contribution < 1.29 is 9.59 Å². The first-order chi connectivity index (χ1) is 16.5. The summed E-state index contributed by atoms with van der Waals surface area (Å²) in [6, 6.07) is 3.80. The van der Waals surface area contributed by atoms with E-state index < -0.39 is 0 Å². The van der Waals surface area contributed by atoms with E-state index in [-0.39, 0.29) is 34.1 Å². The largest absolute Gasteiger partial charge is 0.361 e. The molecule has 2 aromatic heterocycles. The number of benzene rings is 1. The van der Waals surface area contributed by atoms with Crippen molar-refractivity contribution in [3.05, 3.63) is 39.4 Å². The van der Waals surface area contributed by atoms with Gasteiger partial charge in [0.2, 0.25) is 5.91 Å². The minimum atomic E-state index is -0.322. The molecule has 0 saturated carbocycles. The second kappa shape index (κ2) is 9.91. The van der Waals surface area contributed by atoms with Gasteiger partial charge in [0.1, 0.15) is 11.5 Å². The van der Waals surface area contributed by atoms with Crippen molar-refractivity contribution in [3.8, 4) is 0 Å². The molecule has 1 aliphatic heterocycles. The Morgan fingerprint density at radius 2 is 1.97 bits per heavy atom. The number of aromatic amines is 1. The first-order valence-electron chi connectivity index (χ1n) is 11.3. The lowest BCUT2D eigenvalue weighted by Gasteiger charge is -2.39. The number of carbonyl (C=O) groups is 2. The first kappa shape index (κ1) is 25.7. The molecule has 1 aliphatic rings. The number of fused-ring (bicyclic) bond motifs is 1. The second-order valence-electron chi connectivity index (χ2n) is 9.72. The summed E-state index contributed by atoms with van der Waals surface area (Å²) >= 11 is 16.9. The molecule has 0 bridgehead atoms. The van der Waals surface area contributed by atoms with Crippen LogP contribution in [0.2, 0.25) is 10.2 Å². The molecule has 12 heteroatoms. The van der Waals surface area contributed by atoms with Crippen molar-refractivity contribution in [1.82, 2.24) is 30.0 Å². The number of anilines is 1. The number of nitrogens with one attached hydrogen (secondary N) is 3. The van der Waals surface area contributed by atoms with Crippen LogP contribution < -0.4 is 10.6 Å². The molecule has 0 atom stereocenters. The molecule has 3 aromatic rings. The Hall–Kier alpha value is -2.43. The molecule has 2 amide bonds. The number of carbonyl (C=O) groups excluding carboxylic acids is 2. The highest BCUT2D eigenvalue weighted by molar-refractivity contribution is 7.80. The van der Waals surface area contributed by atoms with Crippen LogP contribution >= 0.6 is 35.8 Å². The van der Waals surface area contributed by atoms with Gasteiger partial charge >= 0.3 is 0 Å². The van der Waals surface area contributed by atoms with E-state index >= 15 is 0 Å². The van der Waals surface area contributed by atoms with E-state index in [1.165, 1.54) is 0 Å². The van der Waals surface area contributed by atoms with Crippen molar-refractivity contribution in [3.63, 3.8) is 0 Å². The number of amides is 2. The van der Waals surface area contributed by atoms with Crippen molar-refractivity contribution in [2.45, 2.75) is 45.2 Å². The molecule has 9 nitrogen and oxygen atoms in total. The van der Waals surface area contributed by atoms with Gasteiger partial charge in [0.25, 0.3) is 5.91 Å². The molecule has 0 spiro atoms. The van der Waals surface area contributed by atoms with Gasteiger partial charge in [0, 0.05) is 37.0 Å². The average molecular weight is 539 g/mol. The molecule has 0 aliphatic carbocycles. The number of nitrogens with zero attached hydrogens (tertiary/aromatic N) is 4. The molecule has 3 heterocycles. The van der Waals surface area contributed by atoms with Crippen LogP contribution in [0.4, 0.5) is 5.82 Å². The lowest BCUT2D eigenvalue weighted by Crippen LogP contribution is -2.61. The maximum Gasteiger partial charge on any atom is 0.271 e. The Bertz CT molecular complexity index is 1280. The zero-order valence-electron chi connectivity index (χ0n) is 20.1. The number of rotatable bonds is 7. The second-order valence-corrected chi connectivity index (χ2v) is 10.9. The van der Waals surface area contributed by atoms with Gasteiger partial charge in [0.15, 0.2) is 11.0 Å². The lowest BCUT2D eigenvalue weighted by atomic mass is 9.86. The summed E-state index contributed by atoms with van der Waals surface area (Å²) in [6.07, 6.45) is 0.392. The molecule has 0 unspecified atom stereocenters. The van der Waals surface area contributed by atoms with Crippen LogP contribution in [0, 0.1) is 0 Å². The highest BCUT2D eigenvalue weighted by Gasteiger charge is 2.32. The van der Waals surface area contributed by atoms with Crippen molar-refractivity contribution in [2.24, 2.45) is 7.05 Å². The molecular weight excluding hydrogens is 509 g/mol. The molecule has 1 aromatic carbocycles. The van der Waals surface area contributed by atoms with E-state index in [1.807, 2.05) is 12.1 Å². The first-order valence-corrected chi connectivity index (χ1v) is 12.7. The zero-order valence-corrected chi connectivity index (χ0v) is 22.5. The number of halogens is 2. The van der Waals surface area contributed by atoms with E-state index in [0.717, 1.165) is 16.5 Å². The highest BCUT2D eigenvalue weighted by atomic mass is 35.5. The Balaban J connectivity index is 1.44. The summed E-state index contributed by atoms with van der Waals surface area (Å²) in [5.41, 5.74) is 2.01. The van der Waals surface area contributed by atoms with E-state index in [2.05, 4.69) is 59.2 Å². The fourth-order valence-corrected chi connectivity index (χ4v) is 5.05. The number of H-pyrrole nitrogens is 1. The molecule has 4 rings (SSSR count). The topological polar surface area (TPSA) is 108 Å². The van der Waals surface area contributed by atoms with Gasteiger partial charge in [-0.1, -0.05) is 44.0 Å². The summed E-state index contributed by atoms with van der Waals surface area (Å²) in [5.74, 6) is 1.47. The Kier molecular flexibility index (Phi) is 7.26. The number of hydrogen-bond donors (Lipinski definition) is 4. The Labute approximate surface area is 219 Å². The van der Waals surface area contributed by atoms with Crippen LogP contribution in [0.15, 0.2) is 12.1 Å². The molecule has 0 radical (unpaired) electrons. The van der Waals surface area contributed by atoms with Crippen LogP contribution in [0.1, 0.15) is 49.1 Å². The smallest absolute Gasteiger partial charge is 0.271 e. The van der Waals surface area contributed by atoms with Crippen molar-refractivity contribution >= 4 is 64.4 Å². The third-order valence-electron chi connectivity index (χ3n) is 6.13. The molecule has 188 valence electrons. The number of imidazole rings is 1. The van der Waals surface area contributed by atoms with Crippen LogP contribution in [-0.2, 0) is 23.8 Å². The van der Waals surface area contributed by atoms with Gasteiger partial charge in [-0.25, -0.2) is 4.98 Å². The third kappa shape index (κ3) is 5.24. The standard InChI is InChI=1S/C23H29Cl2N7O2S/c1-23(2,3)14-7-13-16(8-15(14)24)29-30-21(13)26-9-17-28-20(25)19(31(17)4)22(34)27-12-10-32(11-12)18(33)5-6-35/h7-8,12,35H,5-6,9-11H2,1-4H3,(H,27,34)(H2,26,29,30). The Morgan fingerprint density at radius 1 is 1.26 bits per heavy atom. The van der Waals surface area contributed by atoms with Gasteiger partial charge < -0.3 is 20.1 Å². The molecule has 35 heavy (non-hydrogen) atoms. The van der Waals surface area contributed by atoms with Gasteiger partial charge in [0.05, 0.1) is 18.1 Å². The molecule has 3 N–H and O–H groups in total. The number of aromatic nitrogens is 4. The number of hydrogen-bond acceptors (Lipinski definition) is 6. The van der Waals surface area contributed by atoms with Crippen LogP contribution in [0.5, 0.6) is 0 Å². The van der Waals surface area contributed by atoms with E-state index in [0.29, 0.717) is 48.5 Å².